The van der Waals surface area contributed by atoms with E-state index in [1.165, 1.54) is 11.3 Å². The third-order valence-corrected chi connectivity index (χ3v) is 5.43. The molecule has 0 atom stereocenters. The number of amides is 1. The van der Waals surface area contributed by atoms with Crippen LogP contribution in [-0.4, -0.2) is 45.7 Å². The van der Waals surface area contributed by atoms with Gasteiger partial charge in [-0.15, -0.1) is 0 Å². The third kappa shape index (κ3) is 4.62. The molecule has 0 saturated heterocycles. The molecular formula is C22H21N5O3S. The molecule has 31 heavy (non-hydrogen) atoms. The van der Waals surface area contributed by atoms with Crippen LogP contribution in [0.5, 0.6) is 5.88 Å². The summed E-state index contributed by atoms with van der Waals surface area (Å²) in [7, 11) is 3.51. The Kier molecular flexibility index (Phi) is 6.34. The number of hydrogen-bond donors (Lipinski definition) is 1. The summed E-state index contributed by atoms with van der Waals surface area (Å²) in [6.45, 7) is 0.698. The van der Waals surface area contributed by atoms with Crippen LogP contribution in [0.25, 0.3) is 22.0 Å². The van der Waals surface area contributed by atoms with E-state index in [0.29, 0.717) is 23.9 Å². The normalized spacial score (nSPS) is 10.8. The average molecular weight is 436 g/mol. The van der Waals surface area contributed by atoms with Crippen LogP contribution < -0.4 is 10.1 Å². The molecule has 3 heterocycles. The van der Waals surface area contributed by atoms with E-state index in [9.17, 15) is 4.79 Å². The van der Waals surface area contributed by atoms with Gasteiger partial charge in [-0.2, -0.15) is 0 Å². The van der Waals surface area contributed by atoms with Crippen LogP contribution in [0.1, 0.15) is 10.4 Å². The lowest BCUT2D eigenvalue weighted by molar-refractivity contribution is 0.101. The van der Waals surface area contributed by atoms with Crippen molar-refractivity contribution in [2.75, 3.05) is 25.6 Å². The summed E-state index contributed by atoms with van der Waals surface area (Å²) in [6, 6.07) is 13.2. The highest BCUT2D eigenvalue weighted by Crippen LogP contribution is 2.38. The molecule has 0 fully saturated rings. The molecule has 0 aliphatic heterocycles. The first-order valence-corrected chi connectivity index (χ1v) is 10.4. The van der Waals surface area contributed by atoms with Crippen molar-refractivity contribution in [3.8, 4) is 27.8 Å². The molecular weight excluding hydrogens is 414 g/mol. The number of anilines is 1. The van der Waals surface area contributed by atoms with Gasteiger partial charge in [0.05, 0.1) is 17.2 Å². The molecule has 8 nitrogen and oxygen atoms in total. The van der Waals surface area contributed by atoms with E-state index in [1.807, 2.05) is 48.1 Å². The van der Waals surface area contributed by atoms with Gasteiger partial charge in [-0.3, -0.25) is 10.1 Å². The van der Waals surface area contributed by atoms with Crippen molar-refractivity contribution in [2.24, 2.45) is 7.05 Å². The molecule has 4 aromatic rings. The number of nitrogens with one attached hydrogen (secondary N) is 1. The van der Waals surface area contributed by atoms with Crippen LogP contribution in [-0.2, 0) is 11.8 Å². The first-order valence-electron chi connectivity index (χ1n) is 9.59. The summed E-state index contributed by atoms with van der Waals surface area (Å²) in [4.78, 5) is 27.2. The van der Waals surface area contributed by atoms with E-state index in [1.54, 1.807) is 31.6 Å². The number of carbonyl (C=O) groups is 1. The Morgan fingerprint density at radius 1 is 1.10 bits per heavy atom. The van der Waals surface area contributed by atoms with E-state index in [4.69, 9.17) is 14.5 Å². The molecule has 0 bridgehead atoms. The zero-order chi connectivity index (χ0) is 21.6. The lowest BCUT2D eigenvalue weighted by Gasteiger charge is -2.09. The predicted octanol–water partition coefficient (Wildman–Crippen LogP) is 3.88. The number of thiazole rings is 1. The van der Waals surface area contributed by atoms with Crippen molar-refractivity contribution in [3.63, 3.8) is 0 Å². The Hall–Kier alpha value is -3.56. The number of aryl methyl sites for hydroxylation is 1. The number of hydrogen-bond acceptors (Lipinski definition) is 7. The van der Waals surface area contributed by atoms with Gasteiger partial charge in [0.25, 0.3) is 5.91 Å². The summed E-state index contributed by atoms with van der Waals surface area (Å²) >= 11 is 1.37. The average Bonchev–Trinajstić information content (AvgIpc) is 3.40. The Labute approximate surface area is 183 Å². The number of benzene rings is 1. The molecule has 1 amide bonds. The molecule has 158 valence electrons. The van der Waals surface area contributed by atoms with Crippen molar-refractivity contribution in [2.45, 2.75) is 0 Å². The highest BCUT2D eigenvalue weighted by Gasteiger charge is 2.21. The van der Waals surface area contributed by atoms with E-state index >= 15 is 0 Å². The topological polar surface area (TPSA) is 91.2 Å². The Morgan fingerprint density at radius 3 is 2.68 bits per heavy atom. The van der Waals surface area contributed by atoms with Crippen molar-refractivity contribution in [1.82, 2.24) is 19.5 Å². The fourth-order valence-electron chi connectivity index (χ4n) is 2.97. The number of carbonyl (C=O) groups excluding carboxylic acids is 1. The number of ether oxygens (including phenoxy) is 2. The van der Waals surface area contributed by atoms with E-state index in [-0.39, 0.29) is 11.8 Å². The van der Waals surface area contributed by atoms with Crippen molar-refractivity contribution >= 4 is 22.4 Å². The molecule has 1 aromatic carbocycles. The first kappa shape index (κ1) is 20.7. The summed E-state index contributed by atoms with van der Waals surface area (Å²) < 4.78 is 12.5. The van der Waals surface area contributed by atoms with Crippen molar-refractivity contribution in [1.29, 1.82) is 0 Å². The molecule has 0 unspecified atom stereocenters. The van der Waals surface area contributed by atoms with Crippen LogP contribution in [0.3, 0.4) is 0 Å². The summed E-state index contributed by atoms with van der Waals surface area (Å²) in [5, 5.41) is 3.35. The van der Waals surface area contributed by atoms with Crippen LogP contribution >= 0.6 is 11.3 Å². The molecule has 0 aliphatic rings. The SMILES string of the molecule is COCCOc1ncccc1C(=O)Nc1nc(-c2ccccc2)c(-c2nccn2C)s1. The number of aromatic nitrogens is 4. The first-order chi connectivity index (χ1) is 15.2. The monoisotopic (exact) mass is 435 g/mol. The largest absolute Gasteiger partial charge is 0.475 e. The fourth-order valence-corrected chi connectivity index (χ4v) is 3.99. The standard InChI is InChI=1S/C22H21N5O3S/c1-27-12-11-23-19(27)18-17(15-7-4-3-5-8-15)25-22(31-18)26-20(28)16-9-6-10-24-21(16)30-14-13-29-2/h3-12H,13-14H2,1-2H3,(H,25,26,28). The van der Waals surface area contributed by atoms with Gasteiger partial charge in [0.1, 0.15) is 12.2 Å². The molecule has 0 spiro atoms. The summed E-state index contributed by atoms with van der Waals surface area (Å²) in [6.07, 6.45) is 5.19. The molecule has 9 heteroatoms. The minimum absolute atomic E-state index is 0.251. The van der Waals surface area contributed by atoms with Crippen LogP contribution in [0.2, 0.25) is 0 Å². The van der Waals surface area contributed by atoms with Gasteiger partial charge in [-0.1, -0.05) is 41.7 Å². The zero-order valence-corrected chi connectivity index (χ0v) is 17.9. The highest BCUT2D eigenvalue weighted by atomic mass is 32.1. The van der Waals surface area contributed by atoms with E-state index in [2.05, 4.69) is 15.3 Å². The maximum Gasteiger partial charge on any atom is 0.262 e. The second-order valence-corrected chi connectivity index (χ2v) is 7.58. The second kappa shape index (κ2) is 9.50. The minimum Gasteiger partial charge on any atom is -0.475 e. The molecule has 4 rings (SSSR count). The quantitative estimate of drug-likeness (QED) is 0.422. The summed E-state index contributed by atoms with van der Waals surface area (Å²) in [5.41, 5.74) is 2.04. The van der Waals surface area contributed by atoms with E-state index in [0.717, 1.165) is 22.0 Å². The molecule has 1 N–H and O–H groups in total. The van der Waals surface area contributed by atoms with Crippen LogP contribution in [0.15, 0.2) is 61.1 Å². The van der Waals surface area contributed by atoms with Crippen molar-refractivity contribution in [3.05, 3.63) is 66.6 Å². The van der Waals surface area contributed by atoms with Crippen LogP contribution in [0, 0.1) is 0 Å². The number of pyridine rings is 1. The lowest BCUT2D eigenvalue weighted by Crippen LogP contribution is -2.15. The Balaban J connectivity index is 1.65. The lowest BCUT2D eigenvalue weighted by atomic mass is 10.1. The maximum absolute atomic E-state index is 13.0. The number of methoxy groups -OCH3 is 1. The number of rotatable bonds is 8. The molecule has 0 radical (unpaired) electrons. The van der Waals surface area contributed by atoms with Crippen molar-refractivity contribution < 1.29 is 14.3 Å². The van der Waals surface area contributed by atoms with Gasteiger partial charge in [-0.25, -0.2) is 15.0 Å². The molecule has 3 aromatic heterocycles. The Morgan fingerprint density at radius 2 is 1.94 bits per heavy atom. The zero-order valence-electron chi connectivity index (χ0n) is 17.1. The maximum atomic E-state index is 13.0. The van der Waals surface area contributed by atoms with Crippen LogP contribution in [0.4, 0.5) is 5.13 Å². The second-order valence-electron chi connectivity index (χ2n) is 6.58. The minimum atomic E-state index is -0.347. The van der Waals surface area contributed by atoms with Gasteiger partial charge in [0.15, 0.2) is 11.0 Å². The van der Waals surface area contributed by atoms with Gasteiger partial charge in [-0.05, 0) is 12.1 Å². The van der Waals surface area contributed by atoms with E-state index < -0.39 is 0 Å². The summed E-state index contributed by atoms with van der Waals surface area (Å²) in [5.74, 6) is 0.684. The third-order valence-electron chi connectivity index (χ3n) is 4.46. The molecule has 0 aliphatic carbocycles. The van der Waals surface area contributed by atoms with Gasteiger partial charge in [0, 0.05) is 38.3 Å². The fraction of sp³-hybridized carbons (Fsp3) is 0.182. The molecule has 0 saturated carbocycles. The smallest absolute Gasteiger partial charge is 0.262 e. The Bertz CT molecular complexity index is 1170. The number of imidazole rings is 1. The van der Waals surface area contributed by atoms with Gasteiger partial charge in [0.2, 0.25) is 5.88 Å². The highest BCUT2D eigenvalue weighted by molar-refractivity contribution is 7.19. The van der Waals surface area contributed by atoms with Gasteiger partial charge < -0.3 is 14.0 Å². The number of nitrogens with zero attached hydrogens (tertiary/aromatic N) is 4. The predicted molar refractivity (Wildman–Crippen MR) is 119 cm³/mol. The van der Waals surface area contributed by atoms with Gasteiger partial charge >= 0.3 is 0 Å².